The van der Waals surface area contributed by atoms with E-state index < -0.39 is 36.2 Å². The smallest absolute Gasteiger partial charge is 0.431 e. The summed E-state index contributed by atoms with van der Waals surface area (Å²) in [7, 11) is 0. The molecule has 0 unspecified atom stereocenters. The molecular weight excluding hydrogens is 292 g/mol. The van der Waals surface area contributed by atoms with E-state index in [0.717, 1.165) is 0 Å². The minimum absolute atomic E-state index is 0.249. The highest BCUT2D eigenvalue weighted by molar-refractivity contribution is 5.48. The molecule has 0 aliphatic rings. The van der Waals surface area contributed by atoms with Gasteiger partial charge in [0.2, 0.25) is 0 Å². The first-order valence-electron chi connectivity index (χ1n) is 4.41. The molecule has 1 rings (SSSR count). The van der Waals surface area contributed by atoms with Crippen molar-refractivity contribution in [3.63, 3.8) is 0 Å². The molecule has 0 fully saturated rings. The van der Waals surface area contributed by atoms with Crippen LogP contribution in [0, 0.1) is 0 Å². The van der Waals surface area contributed by atoms with Gasteiger partial charge in [-0.15, -0.1) is 13.2 Å². The number of hydrogen-bond donors (Lipinski definition) is 0. The van der Waals surface area contributed by atoms with Crippen LogP contribution in [0.5, 0.6) is 11.5 Å². The summed E-state index contributed by atoms with van der Waals surface area (Å²) in [5.41, 5.74) is -1.87. The van der Waals surface area contributed by atoms with E-state index in [0.29, 0.717) is 12.1 Å². The molecule has 0 heterocycles. The molecular formula is C9H4F8O2. The van der Waals surface area contributed by atoms with Crippen LogP contribution >= 0.6 is 0 Å². The molecule has 1 aromatic carbocycles. The highest BCUT2D eigenvalue weighted by Gasteiger charge is 2.41. The van der Waals surface area contributed by atoms with Crippen LogP contribution in [0.3, 0.4) is 0 Å². The summed E-state index contributed by atoms with van der Waals surface area (Å²) in [6.45, 7) is -3.60. The SMILES string of the molecule is FC(F)Oc1cccc(C(F)(F)F)c1OC(F)(F)F. The second kappa shape index (κ2) is 5.10. The molecule has 0 bridgehead atoms. The Bertz CT molecular complexity index is 437. The van der Waals surface area contributed by atoms with Gasteiger partial charge in [-0.3, -0.25) is 0 Å². The first-order chi connectivity index (χ1) is 8.50. The Balaban J connectivity index is 3.32. The van der Waals surface area contributed by atoms with Crippen molar-refractivity contribution in [2.45, 2.75) is 19.2 Å². The van der Waals surface area contributed by atoms with Gasteiger partial charge in [-0.25, -0.2) is 0 Å². The summed E-state index contributed by atoms with van der Waals surface area (Å²) in [4.78, 5) is 0. The lowest BCUT2D eigenvalue weighted by atomic mass is 10.2. The van der Waals surface area contributed by atoms with Crippen molar-refractivity contribution in [1.29, 1.82) is 0 Å². The van der Waals surface area contributed by atoms with Crippen molar-refractivity contribution in [1.82, 2.24) is 0 Å². The summed E-state index contributed by atoms with van der Waals surface area (Å²) >= 11 is 0. The third-order valence-corrected chi connectivity index (χ3v) is 1.72. The zero-order valence-electron chi connectivity index (χ0n) is 8.65. The topological polar surface area (TPSA) is 18.5 Å². The van der Waals surface area contributed by atoms with Gasteiger partial charge in [0.1, 0.15) is 5.56 Å². The van der Waals surface area contributed by atoms with Crippen LogP contribution in [0.1, 0.15) is 5.56 Å². The number of hydrogen-bond acceptors (Lipinski definition) is 2. The van der Waals surface area contributed by atoms with E-state index in [-0.39, 0.29) is 6.07 Å². The second-order valence-electron chi connectivity index (χ2n) is 3.06. The summed E-state index contributed by atoms with van der Waals surface area (Å²) in [5, 5.41) is 0. The lowest BCUT2D eigenvalue weighted by Gasteiger charge is -2.18. The molecule has 0 aliphatic heterocycles. The van der Waals surface area contributed by atoms with Crippen LogP contribution in [-0.2, 0) is 6.18 Å². The molecule has 0 radical (unpaired) electrons. The van der Waals surface area contributed by atoms with Crippen LogP contribution in [0.4, 0.5) is 35.1 Å². The summed E-state index contributed by atoms with van der Waals surface area (Å²) < 4.78 is 104. The van der Waals surface area contributed by atoms with Gasteiger partial charge in [-0.2, -0.15) is 22.0 Å². The Hall–Kier alpha value is -1.74. The zero-order valence-corrected chi connectivity index (χ0v) is 8.65. The third-order valence-electron chi connectivity index (χ3n) is 1.72. The van der Waals surface area contributed by atoms with Crippen molar-refractivity contribution in [2.75, 3.05) is 0 Å². The first kappa shape index (κ1) is 15.3. The van der Waals surface area contributed by atoms with E-state index in [1.54, 1.807) is 0 Å². The molecule has 0 aliphatic carbocycles. The predicted octanol–water partition coefficient (Wildman–Crippen LogP) is 4.21. The van der Waals surface area contributed by atoms with Crippen molar-refractivity contribution in [3.05, 3.63) is 23.8 Å². The maximum atomic E-state index is 12.5. The molecule has 0 atom stereocenters. The van der Waals surface area contributed by atoms with Gasteiger partial charge in [-0.1, -0.05) is 6.07 Å². The van der Waals surface area contributed by atoms with Gasteiger partial charge < -0.3 is 9.47 Å². The average Bonchev–Trinajstić information content (AvgIpc) is 2.15. The second-order valence-corrected chi connectivity index (χ2v) is 3.06. The molecule has 1 aromatic rings. The fraction of sp³-hybridized carbons (Fsp3) is 0.333. The Kier molecular flexibility index (Phi) is 4.11. The number of para-hydroxylation sites is 1. The summed E-state index contributed by atoms with van der Waals surface area (Å²) in [6, 6.07) is 1.37. The van der Waals surface area contributed by atoms with Crippen LogP contribution in [0.15, 0.2) is 18.2 Å². The van der Waals surface area contributed by atoms with Crippen molar-refractivity contribution >= 4 is 0 Å². The van der Waals surface area contributed by atoms with E-state index in [1.807, 2.05) is 0 Å². The Morgan fingerprint density at radius 1 is 0.947 bits per heavy atom. The van der Waals surface area contributed by atoms with Gasteiger partial charge in [0.05, 0.1) is 0 Å². The molecule has 0 N–H and O–H groups in total. The molecule has 0 saturated carbocycles. The lowest BCUT2D eigenvalue weighted by molar-refractivity contribution is -0.277. The first-order valence-corrected chi connectivity index (χ1v) is 4.41. The van der Waals surface area contributed by atoms with E-state index >= 15 is 0 Å². The molecule has 2 nitrogen and oxygen atoms in total. The predicted molar refractivity (Wildman–Crippen MR) is 44.8 cm³/mol. The minimum Gasteiger partial charge on any atom is -0.431 e. The lowest BCUT2D eigenvalue weighted by Crippen LogP contribution is -2.21. The van der Waals surface area contributed by atoms with Crippen LogP contribution in [-0.4, -0.2) is 13.0 Å². The quantitative estimate of drug-likeness (QED) is 0.778. The normalized spacial score (nSPS) is 12.7. The van der Waals surface area contributed by atoms with Gasteiger partial charge in [0.25, 0.3) is 0 Å². The Morgan fingerprint density at radius 2 is 1.53 bits per heavy atom. The maximum Gasteiger partial charge on any atom is 0.573 e. The van der Waals surface area contributed by atoms with E-state index in [9.17, 15) is 35.1 Å². The number of alkyl halides is 8. The highest BCUT2D eigenvalue weighted by Crippen LogP contribution is 2.44. The van der Waals surface area contributed by atoms with Gasteiger partial charge >= 0.3 is 19.2 Å². The van der Waals surface area contributed by atoms with Gasteiger partial charge in [-0.05, 0) is 12.1 Å². The standard InChI is InChI=1S/C9H4F8O2/c10-7(11)18-5-3-1-2-4(8(12,13)14)6(5)19-9(15,16)17/h1-3,7H. The molecule has 0 aromatic heterocycles. The fourth-order valence-corrected chi connectivity index (χ4v) is 1.15. The van der Waals surface area contributed by atoms with Crippen LogP contribution < -0.4 is 9.47 Å². The van der Waals surface area contributed by atoms with Crippen molar-refractivity contribution in [3.8, 4) is 11.5 Å². The largest absolute Gasteiger partial charge is 0.573 e. The van der Waals surface area contributed by atoms with Gasteiger partial charge in [0.15, 0.2) is 11.5 Å². The zero-order chi connectivity index (χ0) is 14.8. The summed E-state index contributed by atoms with van der Waals surface area (Å²) in [5.74, 6) is -3.22. The van der Waals surface area contributed by atoms with E-state index in [1.165, 1.54) is 0 Å². The Labute approximate surface area is 100 Å². The molecule has 0 spiro atoms. The molecule has 0 amide bonds. The highest BCUT2D eigenvalue weighted by atomic mass is 19.4. The van der Waals surface area contributed by atoms with Crippen molar-refractivity contribution < 1.29 is 44.6 Å². The monoisotopic (exact) mass is 296 g/mol. The minimum atomic E-state index is -5.48. The molecule has 0 saturated heterocycles. The third kappa shape index (κ3) is 4.45. The molecule has 108 valence electrons. The van der Waals surface area contributed by atoms with E-state index in [2.05, 4.69) is 9.47 Å². The number of ether oxygens (including phenoxy) is 2. The Morgan fingerprint density at radius 3 is 1.95 bits per heavy atom. The molecule has 19 heavy (non-hydrogen) atoms. The molecule has 10 heteroatoms. The van der Waals surface area contributed by atoms with Gasteiger partial charge in [0, 0.05) is 0 Å². The van der Waals surface area contributed by atoms with Crippen LogP contribution in [0.2, 0.25) is 0 Å². The van der Waals surface area contributed by atoms with Crippen LogP contribution in [0.25, 0.3) is 0 Å². The number of rotatable bonds is 3. The van der Waals surface area contributed by atoms with Crippen molar-refractivity contribution in [2.24, 2.45) is 0 Å². The number of halogens is 8. The number of benzene rings is 1. The fourth-order valence-electron chi connectivity index (χ4n) is 1.15. The summed E-state index contributed by atoms with van der Waals surface area (Å²) in [6.07, 6.45) is -10.7. The van der Waals surface area contributed by atoms with E-state index in [4.69, 9.17) is 0 Å². The maximum absolute atomic E-state index is 12.5. The average molecular weight is 296 g/mol.